The molecule has 0 spiro atoms. The van der Waals surface area contributed by atoms with Crippen LogP contribution in [-0.4, -0.2) is 60.3 Å². The lowest BCUT2D eigenvalue weighted by Gasteiger charge is -2.35. The molecular weight excluding hydrogens is 416 g/mol. The van der Waals surface area contributed by atoms with Gasteiger partial charge in [-0.3, -0.25) is 4.72 Å². The van der Waals surface area contributed by atoms with Crippen LogP contribution in [0.5, 0.6) is 11.5 Å². The minimum atomic E-state index is -4.11. The van der Waals surface area contributed by atoms with Gasteiger partial charge in [0.2, 0.25) is 0 Å². The normalized spacial score (nSPS) is 15.3. The van der Waals surface area contributed by atoms with E-state index in [4.69, 9.17) is 4.74 Å². The van der Waals surface area contributed by atoms with E-state index in [0.717, 1.165) is 43.5 Å². The molecule has 1 aliphatic rings. The maximum absolute atomic E-state index is 13.0. The summed E-state index contributed by atoms with van der Waals surface area (Å²) in [7, 11) is -0.742. The minimum absolute atomic E-state index is 0.0236. The zero-order valence-electron chi connectivity index (χ0n) is 17.1. The number of piperazine rings is 1. The van der Waals surface area contributed by atoms with Crippen LogP contribution in [0.15, 0.2) is 41.3 Å². The summed E-state index contributed by atoms with van der Waals surface area (Å²) in [5, 5.41) is 0. The molecule has 1 fully saturated rings. The molecule has 1 N–H and O–H groups in total. The fourth-order valence-corrected chi connectivity index (χ4v) is 4.55. The van der Waals surface area contributed by atoms with Crippen LogP contribution in [0.4, 0.5) is 20.2 Å². The van der Waals surface area contributed by atoms with Crippen molar-refractivity contribution >= 4 is 21.4 Å². The molecule has 164 valence electrons. The predicted molar refractivity (Wildman–Crippen MR) is 111 cm³/mol. The van der Waals surface area contributed by atoms with Gasteiger partial charge in [-0.05, 0) is 43.8 Å². The summed E-state index contributed by atoms with van der Waals surface area (Å²) in [4.78, 5) is 4.16. The lowest BCUT2D eigenvalue weighted by atomic mass is 10.1. The first-order valence-corrected chi connectivity index (χ1v) is 10.9. The van der Waals surface area contributed by atoms with E-state index in [2.05, 4.69) is 26.3 Å². The van der Waals surface area contributed by atoms with Crippen LogP contribution in [0.25, 0.3) is 0 Å². The van der Waals surface area contributed by atoms with Crippen molar-refractivity contribution in [2.75, 3.05) is 50.0 Å². The quantitative estimate of drug-likeness (QED) is 0.712. The van der Waals surface area contributed by atoms with Gasteiger partial charge in [0.05, 0.1) is 12.8 Å². The number of nitrogens with one attached hydrogen (secondary N) is 1. The lowest BCUT2D eigenvalue weighted by Crippen LogP contribution is -2.44. The molecule has 0 radical (unpaired) electrons. The van der Waals surface area contributed by atoms with Gasteiger partial charge in [-0.15, -0.1) is 0 Å². The smallest absolute Gasteiger partial charge is 0.387 e. The zero-order valence-corrected chi connectivity index (χ0v) is 17.9. The molecule has 0 aliphatic carbocycles. The first-order valence-electron chi connectivity index (χ1n) is 9.39. The molecule has 0 atom stereocenters. The van der Waals surface area contributed by atoms with E-state index in [1.165, 1.54) is 19.2 Å². The Morgan fingerprint density at radius 1 is 1.07 bits per heavy atom. The summed E-state index contributed by atoms with van der Waals surface area (Å²) >= 11 is 0. The zero-order chi connectivity index (χ0) is 21.9. The van der Waals surface area contributed by atoms with Crippen LogP contribution in [-0.2, 0) is 10.0 Å². The average Bonchev–Trinajstić information content (AvgIpc) is 2.69. The number of benzene rings is 2. The van der Waals surface area contributed by atoms with Crippen LogP contribution < -0.4 is 19.1 Å². The number of likely N-dealkylation sites (N-methyl/N-ethyl adjacent to an activating group) is 1. The number of nitrogens with zero attached hydrogens (tertiary/aromatic N) is 2. The highest BCUT2D eigenvalue weighted by Gasteiger charge is 2.23. The molecule has 2 aromatic carbocycles. The molecular formula is C20H25F2N3O4S. The Bertz CT molecular complexity index is 994. The second-order valence-corrected chi connectivity index (χ2v) is 8.74. The van der Waals surface area contributed by atoms with E-state index >= 15 is 0 Å². The van der Waals surface area contributed by atoms with Crippen molar-refractivity contribution in [3.8, 4) is 11.5 Å². The van der Waals surface area contributed by atoms with Gasteiger partial charge in [-0.1, -0.05) is 6.07 Å². The number of hydrogen-bond donors (Lipinski definition) is 1. The molecule has 7 nitrogen and oxygen atoms in total. The highest BCUT2D eigenvalue weighted by atomic mass is 32.2. The maximum atomic E-state index is 13.0. The SMILES string of the molecule is COc1ccc(OC(F)F)cc1S(=O)(=O)Nc1ccc(C)c(N2CCN(C)CC2)c1. The van der Waals surface area contributed by atoms with Gasteiger partial charge in [-0.2, -0.15) is 8.78 Å². The summed E-state index contributed by atoms with van der Waals surface area (Å²) in [5.74, 6) is -0.247. The largest absolute Gasteiger partial charge is 0.495 e. The van der Waals surface area contributed by atoms with Crippen molar-refractivity contribution in [1.82, 2.24) is 4.90 Å². The molecule has 0 aromatic heterocycles. The number of ether oxygens (including phenoxy) is 2. The molecule has 0 bridgehead atoms. The third-order valence-corrected chi connectivity index (χ3v) is 6.36. The van der Waals surface area contributed by atoms with Crippen LogP contribution in [0.2, 0.25) is 0 Å². The standard InChI is InChI=1S/C20H25F2N3O4S/c1-14-4-5-15(12-17(14)25-10-8-24(2)9-11-25)23-30(26,27)19-13-16(29-20(21)22)6-7-18(19)28-3/h4-7,12-13,20,23H,8-11H2,1-3H3. The van der Waals surface area contributed by atoms with Crippen molar-refractivity contribution in [2.24, 2.45) is 0 Å². The molecule has 1 aliphatic heterocycles. The summed E-state index contributed by atoms with van der Waals surface area (Å²) in [6, 6.07) is 8.81. The third-order valence-electron chi connectivity index (χ3n) is 4.96. The van der Waals surface area contributed by atoms with Gasteiger partial charge in [-0.25, -0.2) is 8.42 Å². The van der Waals surface area contributed by atoms with Gasteiger partial charge < -0.3 is 19.3 Å². The van der Waals surface area contributed by atoms with E-state index in [1.807, 2.05) is 13.0 Å². The Kier molecular flexibility index (Phi) is 6.67. The number of anilines is 2. The van der Waals surface area contributed by atoms with Gasteiger partial charge in [0.1, 0.15) is 16.4 Å². The first-order chi connectivity index (χ1) is 14.2. The van der Waals surface area contributed by atoms with Gasteiger partial charge in [0.15, 0.2) is 0 Å². The fraction of sp³-hybridized carbons (Fsp3) is 0.400. The molecule has 0 amide bonds. The second-order valence-electron chi connectivity index (χ2n) is 7.09. The Balaban J connectivity index is 1.89. The Labute approximate surface area is 175 Å². The Hall–Kier alpha value is -2.59. The van der Waals surface area contributed by atoms with Gasteiger partial charge in [0, 0.05) is 37.9 Å². The first kappa shape index (κ1) is 22.1. The van der Waals surface area contributed by atoms with E-state index in [0.29, 0.717) is 5.69 Å². The van der Waals surface area contributed by atoms with Crippen LogP contribution in [0.1, 0.15) is 5.56 Å². The maximum Gasteiger partial charge on any atom is 0.387 e. The molecule has 0 unspecified atom stereocenters. The number of halogens is 2. The van der Waals surface area contributed by atoms with Crippen molar-refractivity contribution in [2.45, 2.75) is 18.4 Å². The molecule has 30 heavy (non-hydrogen) atoms. The summed E-state index contributed by atoms with van der Waals surface area (Å²) in [6.07, 6.45) is 0. The molecule has 1 heterocycles. The molecule has 1 saturated heterocycles. The highest BCUT2D eigenvalue weighted by Crippen LogP contribution is 2.32. The van der Waals surface area contributed by atoms with Gasteiger partial charge in [0.25, 0.3) is 10.0 Å². The number of sulfonamides is 1. The van der Waals surface area contributed by atoms with Crippen LogP contribution in [0, 0.1) is 6.92 Å². The van der Waals surface area contributed by atoms with Crippen molar-refractivity contribution < 1.29 is 26.7 Å². The predicted octanol–water partition coefficient (Wildman–Crippen LogP) is 3.16. The van der Waals surface area contributed by atoms with E-state index in [1.54, 1.807) is 12.1 Å². The fourth-order valence-electron chi connectivity index (χ4n) is 3.31. The van der Waals surface area contributed by atoms with Crippen molar-refractivity contribution in [3.63, 3.8) is 0 Å². The van der Waals surface area contributed by atoms with Crippen molar-refractivity contribution in [3.05, 3.63) is 42.0 Å². The molecule has 2 aromatic rings. The number of methoxy groups -OCH3 is 1. The average molecular weight is 442 g/mol. The number of rotatable bonds is 7. The number of hydrogen-bond acceptors (Lipinski definition) is 6. The minimum Gasteiger partial charge on any atom is -0.495 e. The van der Waals surface area contributed by atoms with Crippen LogP contribution in [0.3, 0.4) is 0 Å². The highest BCUT2D eigenvalue weighted by molar-refractivity contribution is 7.92. The summed E-state index contributed by atoms with van der Waals surface area (Å²) < 4.78 is 63.0. The monoisotopic (exact) mass is 441 g/mol. The summed E-state index contributed by atoms with van der Waals surface area (Å²) in [6.45, 7) is 2.43. The van der Waals surface area contributed by atoms with E-state index in [-0.39, 0.29) is 16.4 Å². The van der Waals surface area contributed by atoms with Crippen molar-refractivity contribution in [1.29, 1.82) is 0 Å². The Morgan fingerprint density at radius 2 is 1.77 bits per heavy atom. The topological polar surface area (TPSA) is 71.1 Å². The second kappa shape index (κ2) is 9.05. The molecule has 0 saturated carbocycles. The van der Waals surface area contributed by atoms with E-state index < -0.39 is 16.6 Å². The summed E-state index contributed by atoms with van der Waals surface area (Å²) in [5.41, 5.74) is 2.36. The molecule has 3 rings (SSSR count). The van der Waals surface area contributed by atoms with Gasteiger partial charge >= 0.3 is 6.61 Å². The lowest BCUT2D eigenvalue weighted by molar-refractivity contribution is -0.0500. The third kappa shape index (κ3) is 5.11. The number of aryl methyl sites for hydroxylation is 1. The van der Waals surface area contributed by atoms with Crippen LogP contribution >= 0.6 is 0 Å². The molecule has 10 heteroatoms. The van der Waals surface area contributed by atoms with E-state index in [9.17, 15) is 17.2 Å². The Morgan fingerprint density at radius 3 is 2.40 bits per heavy atom. The number of alkyl halides is 2.